The maximum Gasteiger partial charge on any atom is 0.351 e. The van der Waals surface area contributed by atoms with Gasteiger partial charge >= 0.3 is 5.97 Å². The lowest BCUT2D eigenvalue weighted by Gasteiger charge is -2.44. The number of esters is 1. The topological polar surface area (TPSA) is 49.8 Å². The molecule has 0 spiro atoms. The van der Waals surface area contributed by atoms with E-state index in [2.05, 4.69) is 16.7 Å². The number of aliphatic hydroxyl groups is 1. The standard InChI is InChI=1S/C16H25NO3/c1-4-8-16(19,12(3)5-2)15(18)20-14-11-17-9-6-13(14)7-10-17/h12-14,19H,5-7,9-11H2,1-3H3. The number of hydrogen-bond donors (Lipinski definition) is 1. The van der Waals surface area contributed by atoms with E-state index in [-0.39, 0.29) is 12.0 Å². The third-order valence-corrected chi connectivity index (χ3v) is 4.81. The zero-order chi connectivity index (χ0) is 14.8. The SMILES string of the molecule is CC#CC(O)(C(=O)OC1CN2CCC1CC2)C(C)CC. The van der Waals surface area contributed by atoms with Crippen LogP contribution in [0.25, 0.3) is 0 Å². The number of rotatable bonds is 4. The first kappa shape index (κ1) is 15.3. The van der Waals surface area contributed by atoms with Crippen LogP contribution in [-0.2, 0) is 9.53 Å². The highest BCUT2D eigenvalue weighted by molar-refractivity contribution is 5.84. The normalized spacial score (nSPS) is 32.7. The van der Waals surface area contributed by atoms with Gasteiger partial charge < -0.3 is 9.84 Å². The van der Waals surface area contributed by atoms with Crippen LogP contribution in [0.15, 0.2) is 0 Å². The van der Waals surface area contributed by atoms with Crippen molar-refractivity contribution in [2.45, 2.75) is 51.7 Å². The Morgan fingerprint density at radius 3 is 2.60 bits per heavy atom. The molecule has 0 saturated carbocycles. The number of hydrogen-bond acceptors (Lipinski definition) is 4. The fourth-order valence-corrected chi connectivity index (χ4v) is 3.13. The van der Waals surface area contributed by atoms with E-state index in [0.29, 0.717) is 12.3 Å². The van der Waals surface area contributed by atoms with Gasteiger partial charge in [0, 0.05) is 12.5 Å². The summed E-state index contributed by atoms with van der Waals surface area (Å²) in [4.78, 5) is 14.7. The van der Waals surface area contributed by atoms with E-state index in [0.717, 1.165) is 32.5 Å². The van der Waals surface area contributed by atoms with Gasteiger partial charge in [0.05, 0.1) is 0 Å². The molecule has 1 N–H and O–H groups in total. The van der Waals surface area contributed by atoms with Crippen LogP contribution in [0.2, 0.25) is 0 Å². The van der Waals surface area contributed by atoms with Crippen LogP contribution in [0.3, 0.4) is 0 Å². The zero-order valence-electron chi connectivity index (χ0n) is 12.7. The summed E-state index contributed by atoms with van der Waals surface area (Å²) in [5, 5.41) is 10.6. The molecule has 3 saturated heterocycles. The fraction of sp³-hybridized carbons (Fsp3) is 0.812. The van der Waals surface area contributed by atoms with Gasteiger partial charge in [0.15, 0.2) is 0 Å². The van der Waals surface area contributed by atoms with Crippen molar-refractivity contribution >= 4 is 5.97 Å². The van der Waals surface area contributed by atoms with Gasteiger partial charge in [-0.1, -0.05) is 19.8 Å². The molecule has 0 aromatic rings. The number of carbonyl (C=O) groups excluding carboxylic acids is 1. The van der Waals surface area contributed by atoms with Crippen LogP contribution in [0, 0.1) is 23.7 Å². The summed E-state index contributed by atoms with van der Waals surface area (Å²) in [6.07, 6.45) is 2.76. The van der Waals surface area contributed by atoms with Crippen molar-refractivity contribution in [3.05, 3.63) is 0 Å². The number of fused-ring (bicyclic) bond motifs is 3. The Bertz CT molecular complexity index is 417. The van der Waals surface area contributed by atoms with Crippen molar-refractivity contribution in [1.82, 2.24) is 4.90 Å². The summed E-state index contributed by atoms with van der Waals surface area (Å²) in [6, 6.07) is 0. The van der Waals surface area contributed by atoms with E-state index < -0.39 is 11.6 Å². The molecule has 3 aliphatic heterocycles. The minimum absolute atomic E-state index is 0.0840. The monoisotopic (exact) mass is 279 g/mol. The molecule has 3 unspecified atom stereocenters. The smallest absolute Gasteiger partial charge is 0.351 e. The lowest BCUT2D eigenvalue weighted by Crippen LogP contribution is -2.54. The Kier molecular flexibility index (Phi) is 4.72. The highest BCUT2D eigenvalue weighted by Crippen LogP contribution is 2.31. The maximum absolute atomic E-state index is 12.4. The second-order valence-corrected chi connectivity index (χ2v) is 6.03. The van der Waals surface area contributed by atoms with E-state index >= 15 is 0 Å². The van der Waals surface area contributed by atoms with Gasteiger partial charge in [0.25, 0.3) is 0 Å². The molecule has 0 aromatic heterocycles. The Morgan fingerprint density at radius 1 is 1.50 bits per heavy atom. The van der Waals surface area contributed by atoms with Gasteiger partial charge in [-0.05, 0) is 45.2 Å². The molecule has 4 heteroatoms. The predicted octanol–water partition coefficient (Wildman–Crippen LogP) is 1.42. The summed E-state index contributed by atoms with van der Waals surface area (Å²) in [5.74, 6) is 4.97. The Morgan fingerprint density at radius 2 is 2.15 bits per heavy atom. The molecule has 0 aliphatic carbocycles. The molecular weight excluding hydrogens is 254 g/mol. The molecule has 2 bridgehead atoms. The molecule has 3 rings (SSSR count). The van der Waals surface area contributed by atoms with Crippen LogP contribution in [0.1, 0.15) is 40.0 Å². The molecule has 112 valence electrons. The number of nitrogens with zero attached hydrogens (tertiary/aromatic N) is 1. The van der Waals surface area contributed by atoms with Gasteiger partial charge in [-0.3, -0.25) is 4.90 Å². The summed E-state index contributed by atoms with van der Waals surface area (Å²) in [6.45, 7) is 8.41. The number of carbonyl (C=O) groups is 1. The molecule has 3 heterocycles. The third-order valence-electron chi connectivity index (χ3n) is 4.81. The van der Waals surface area contributed by atoms with Crippen LogP contribution in [-0.4, -0.2) is 47.3 Å². The Labute approximate surface area is 121 Å². The van der Waals surface area contributed by atoms with Crippen molar-refractivity contribution in [3.8, 4) is 11.8 Å². The second-order valence-electron chi connectivity index (χ2n) is 6.03. The van der Waals surface area contributed by atoms with Gasteiger partial charge in [0.2, 0.25) is 5.60 Å². The molecule has 4 nitrogen and oxygen atoms in total. The Hall–Kier alpha value is -1.05. The lowest BCUT2D eigenvalue weighted by atomic mass is 9.84. The van der Waals surface area contributed by atoms with E-state index in [9.17, 15) is 9.90 Å². The van der Waals surface area contributed by atoms with Gasteiger partial charge in [-0.25, -0.2) is 4.79 Å². The highest BCUT2D eigenvalue weighted by atomic mass is 16.6. The lowest BCUT2D eigenvalue weighted by molar-refractivity contribution is -0.178. The molecule has 0 amide bonds. The summed E-state index contributed by atoms with van der Waals surface area (Å²) < 4.78 is 5.63. The first-order valence-corrected chi connectivity index (χ1v) is 7.61. The van der Waals surface area contributed by atoms with E-state index in [1.54, 1.807) is 6.92 Å². The molecule has 3 atom stereocenters. The molecular formula is C16H25NO3. The van der Waals surface area contributed by atoms with Crippen LogP contribution in [0.5, 0.6) is 0 Å². The minimum atomic E-state index is -1.67. The maximum atomic E-state index is 12.4. The van der Waals surface area contributed by atoms with E-state index in [4.69, 9.17) is 4.74 Å². The minimum Gasteiger partial charge on any atom is -0.458 e. The summed E-state index contributed by atoms with van der Waals surface area (Å²) in [7, 11) is 0. The second kappa shape index (κ2) is 6.15. The third kappa shape index (κ3) is 2.84. The zero-order valence-corrected chi connectivity index (χ0v) is 12.7. The summed E-state index contributed by atoms with van der Waals surface area (Å²) >= 11 is 0. The van der Waals surface area contributed by atoms with Gasteiger partial charge in [-0.2, -0.15) is 0 Å². The van der Waals surface area contributed by atoms with Crippen molar-refractivity contribution in [2.75, 3.05) is 19.6 Å². The largest absolute Gasteiger partial charge is 0.458 e. The average Bonchev–Trinajstić information content (AvgIpc) is 2.47. The molecule has 3 fully saturated rings. The van der Waals surface area contributed by atoms with Gasteiger partial charge in [-0.15, -0.1) is 5.92 Å². The highest BCUT2D eigenvalue weighted by Gasteiger charge is 2.44. The van der Waals surface area contributed by atoms with E-state index in [1.807, 2.05) is 13.8 Å². The van der Waals surface area contributed by atoms with Crippen molar-refractivity contribution in [1.29, 1.82) is 0 Å². The van der Waals surface area contributed by atoms with Crippen LogP contribution >= 0.6 is 0 Å². The molecule has 3 aliphatic rings. The van der Waals surface area contributed by atoms with Crippen molar-refractivity contribution < 1.29 is 14.6 Å². The fourth-order valence-electron chi connectivity index (χ4n) is 3.13. The average molecular weight is 279 g/mol. The van der Waals surface area contributed by atoms with Crippen molar-refractivity contribution in [2.24, 2.45) is 11.8 Å². The first-order valence-electron chi connectivity index (χ1n) is 7.61. The Balaban J connectivity index is 2.07. The molecule has 20 heavy (non-hydrogen) atoms. The molecule has 0 radical (unpaired) electrons. The van der Waals surface area contributed by atoms with Crippen LogP contribution in [0.4, 0.5) is 0 Å². The van der Waals surface area contributed by atoms with Crippen molar-refractivity contribution in [3.63, 3.8) is 0 Å². The first-order chi connectivity index (χ1) is 9.51. The summed E-state index contributed by atoms with van der Waals surface area (Å²) in [5.41, 5.74) is -1.67. The van der Waals surface area contributed by atoms with E-state index in [1.165, 1.54) is 0 Å². The van der Waals surface area contributed by atoms with Crippen LogP contribution < -0.4 is 0 Å². The quantitative estimate of drug-likeness (QED) is 0.625. The molecule has 0 aromatic carbocycles. The predicted molar refractivity (Wildman–Crippen MR) is 76.9 cm³/mol. The van der Waals surface area contributed by atoms with Gasteiger partial charge in [0.1, 0.15) is 6.10 Å². The number of ether oxygens (including phenoxy) is 1. The number of piperidine rings is 3.